The molecule has 0 radical (unpaired) electrons. The smallest absolute Gasteiger partial charge is 0.334 e. The minimum Gasteiger partial charge on any atom is -0.457 e. The molecule has 202 valence electrons. The lowest BCUT2D eigenvalue weighted by Crippen LogP contribution is -2.43. The number of likely N-dealkylation sites (tertiary alicyclic amines) is 1. The number of ether oxygens (including phenoxy) is 1. The Balaban J connectivity index is 1.33. The standard InChI is InChI=1S/C31H30N6O3/c32-19-22(18-21-6-4-7-21)30(38)35-17-5-8-24(20-35)36-27-15-16-34-29(33)28(27)37(31(36)39)23-11-13-26(14-12-23)40-25-9-2-1-3-10-25/h1-3,9-16,18,21,24H,4-8,17,20H2,(H2,33,34)/b22-18+/t24-/m1/s1. The van der Waals surface area contributed by atoms with Crippen molar-refractivity contribution in [1.82, 2.24) is 19.0 Å². The van der Waals surface area contributed by atoms with E-state index in [4.69, 9.17) is 10.5 Å². The third-order valence-corrected chi connectivity index (χ3v) is 7.84. The van der Waals surface area contributed by atoms with Gasteiger partial charge in [-0.05, 0) is 74.1 Å². The monoisotopic (exact) mass is 534 g/mol. The Bertz CT molecular complexity index is 1680. The number of aromatic nitrogens is 3. The second kappa shape index (κ2) is 10.7. The third kappa shape index (κ3) is 4.73. The molecule has 9 nitrogen and oxygen atoms in total. The molecule has 2 N–H and O–H groups in total. The van der Waals surface area contributed by atoms with E-state index in [1.54, 1.807) is 26.3 Å². The number of anilines is 1. The summed E-state index contributed by atoms with van der Waals surface area (Å²) in [6.45, 7) is 0.895. The number of fused-ring (bicyclic) bond motifs is 1. The first kappa shape index (κ1) is 25.4. The van der Waals surface area contributed by atoms with Crippen LogP contribution in [0.2, 0.25) is 0 Å². The zero-order chi connectivity index (χ0) is 27.6. The highest BCUT2D eigenvalue weighted by Crippen LogP contribution is 2.31. The van der Waals surface area contributed by atoms with Gasteiger partial charge in [0.2, 0.25) is 0 Å². The number of imidazole rings is 1. The molecular formula is C31H30N6O3. The number of piperidine rings is 1. The molecule has 9 heteroatoms. The number of pyridine rings is 1. The third-order valence-electron chi connectivity index (χ3n) is 7.84. The summed E-state index contributed by atoms with van der Waals surface area (Å²) in [6, 6.07) is 20.4. The number of nitrogens with zero attached hydrogens (tertiary/aromatic N) is 5. The van der Waals surface area contributed by atoms with Crippen LogP contribution in [-0.4, -0.2) is 38.0 Å². The molecule has 2 aliphatic rings. The van der Waals surface area contributed by atoms with E-state index >= 15 is 0 Å². The average Bonchev–Trinajstić information content (AvgIpc) is 3.26. The fourth-order valence-electron chi connectivity index (χ4n) is 5.59. The number of hydrogen-bond donors (Lipinski definition) is 1. The summed E-state index contributed by atoms with van der Waals surface area (Å²) in [5, 5.41) is 9.67. The van der Waals surface area contributed by atoms with Crippen molar-refractivity contribution in [3.8, 4) is 23.3 Å². The maximum absolute atomic E-state index is 14.0. The molecule has 0 spiro atoms. The number of nitriles is 1. The summed E-state index contributed by atoms with van der Waals surface area (Å²) in [6.07, 6.45) is 8.04. The SMILES string of the molecule is N#C/C(=C\C1CCC1)C(=O)N1CCC[C@@H](n2c(=O)n(-c3ccc(Oc4ccccc4)cc3)c3c(N)nccc32)C1. The van der Waals surface area contributed by atoms with E-state index in [0.29, 0.717) is 41.5 Å². The van der Waals surface area contributed by atoms with Gasteiger partial charge in [-0.1, -0.05) is 30.7 Å². The Morgan fingerprint density at radius 2 is 1.77 bits per heavy atom. The van der Waals surface area contributed by atoms with Crippen LogP contribution in [0.5, 0.6) is 11.5 Å². The van der Waals surface area contributed by atoms with Crippen LogP contribution in [-0.2, 0) is 4.79 Å². The topological polar surface area (TPSA) is 119 Å². The van der Waals surface area contributed by atoms with Crippen LogP contribution in [0, 0.1) is 17.2 Å². The van der Waals surface area contributed by atoms with Crippen LogP contribution >= 0.6 is 0 Å². The van der Waals surface area contributed by atoms with Gasteiger partial charge in [-0.2, -0.15) is 5.26 Å². The molecule has 2 fully saturated rings. The van der Waals surface area contributed by atoms with Gasteiger partial charge in [-0.25, -0.2) is 9.78 Å². The van der Waals surface area contributed by atoms with E-state index in [-0.39, 0.29) is 29.0 Å². The number of para-hydroxylation sites is 1. The average molecular weight is 535 g/mol. The first-order valence-corrected chi connectivity index (χ1v) is 13.7. The fraction of sp³-hybridized carbons (Fsp3) is 0.290. The summed E-state index contributed by atoms with van der Waals surface area (Å²) in [5.41, 5.74) is 8.08. The first-order valence-electron chi connectivity index (χ1n) is 13.7. The van der Waals surface area contributed by atoms with Crippen molar-refractivity contribution in [3.05, 3.63) is 89.0 Å². The van der Waals surface area contributed by atoms with Gasteiger partial charge < -0.3 is 15.4 Å². The molecule has 1 saturated carbocycles. The van der Waals surface area contributed by atoms with Gasteiger partial charge in [-0.3, -0.25) is 13.9 Å². The first-order chi connectivity index (χ1) is 19.5. The Kier molecular flexibility index (Phi) is 6.83. The molecule has 6 rings (SSSR count). The molecule has 1 saturated heterocycles. The van der Waals surface area contributed by atoms with Gasteiger partial charge in [0.25, 0.3) is 5.91 Å². The van der Waals surface area contributed by atoms with E-state index in [2.05, 4.69) is 11.1 Å². The lowest BCUT2D eigenvalue weighted by Gasteiger charge is -2.33. The van der Waals surface area contributed by atoms with Crippen LogP contribution < -0.4 is 16.2 Å². The van der Waals surface area contributed by atoms with Crippen LogP contribution in [0.15, 0.2) is 83.3 Å². The predicted octanol–water partition coefficient (Wildman–Crippen LogP) is 4.98. The second-order valence-corrected chi connectivity index (χ2v) is 10.4. The van der Waals surface area contributed by atoms with E-state index < -0.39 is 0 Å². The van der Waals surface area contributed by atoms with Gasteiger partial charge in [0.1, 0.15) is 34.5 Å². The molecule has 1 amide bonds. The number of nitrogen functional groups attached to an aromatic ring is 1. The molecule has 40 heavy (non-hydrogen) atoms. The molecular weight excluding hydrogens is 504 g/mol. The maximum atomic E-state index is 14.0. The van der Waals surface area contributed by atoms with Crippen LogP contribution in [0.3, 0.4) is 0 Å². The van der Waals surface area contributed by atoms with Crippen molar-refractivity contribution in [2.45, 2.75) is 38.1 Å². The van der Waals surface area contributed by atoms with Crippen molar-refractivity contribution in [2.75, 3.05) is 18.8 Å². The molecule has 4 aromatic rings. The number of rotatable bonds is 6. The highest BCUT2D eigenvalue weighted by Gasteiger charge is 2.31. The minimum absolute atomic E-state index is 0.200. The minimum atomic E-state index is -0.264. The van der Waals surface area contributed by atoms with Gasteiger partial charge in [0, 0.05) is 19.3 Å². The quantitative estimate of drug-likeness (QED) is 0.275. The highest BCUT2D eigenvalue weighted by atomic mass is 16.5. The molecule has 0 bridgehead atoms. The Morgan fingerprint density at radius 1 is 1.02 bits per heavy atom. The van der Waals surface area contributed by atoms with Gasteiger partial charge in [0.15, 0.2) is 0 Å². The van der Waals surface area contributed by atoms with Crippen LogP contribution in [0.25, 0.3) is 16.7 Å². The van der Waals surface area contributed by atoms with Crippen molar-refractivity contribution >= 4 is 22.8 Å². The van der Waals surface area contributed by atoms with E-state index in [1.807, 2.05) is 60.7 Å². The highest BCUT2D eigenvalue weighted by molar-refractivity contribution is 5.97. The molecule has 2 aromatic carbocycles. The Labute approximate surface area is 231 Å². The normalized spacial score (nSPS) is 17.8. The number of benzene rings is 2. The predicted molar refractivity (Wildman–Crippen MR) is 152 cm³/mol. The number of nitrogens with two attached hydrogens (primary N) is 1. The number of amides is 1. The molecule has 1 atom stereocenters. The zero-order valence-corrected chi connectivity index (χ0v) is 22.1. The largest absolute Gasteiger partial charge is 0.457 e. The van der Waals surface area contributed by atoms with Gasteiger partial charge in [0.05, 0.1) is 17.2 Å². The van der Waals surface area contributed by atoms with Gasteiger partial charge >= 0.3 is 5.69 Å². The van der Waals surface area contributed by atoms with Crippen molar-refractivity contribution in [3.63, 3.8) is 0 Å². The zero-order valence-electron chi connectivity index (χ0n) is 22.1. The van der Waals surface area contributed by atoms with Crippen molar-refractivity contribution < 1.29 is 9.53 Å². The molecule has 1 aliphatic heterocycles. The maximum Gasteiger partial charge on any atom is 0.334 e. The van der Waals surface area contributed by atoms with Crippen molar-refractivity contribution in [1.29, 1.82) is 5.26 Å². The second-order valence-electron chi connectivity index (χ2n) is 10.4. The van der Waals surface area contributed by atoms with E-state index in [0.717, 1.165) is 37.9 Å². The lowest BCUT2D eigenvalue weighted by molar-refractivity contribution is -0.128. The Hall–Kier alpha value is -4.84. The summed E-state index contributed by atoms with van der Waals surface area (Å²) < 4.78 is 9.21. The Morgan fingerprint density at radius 3 is 2.48 bits per heavy atom. The number of carbonyl (C=O) groups is 1. The summed E-state index contributed by atoms with van der Waals surface area (Å²) in [5.74, 6) is 1.65. The number of hydrogen-bond acceptors (Lipinski definition) is 6. The molecule has 0 unspecified atom stereocenters. The van der Waals surface area contributed by atoms with Crippen molar-refractivity contribution in [2.24, 2.45) is 5.92 Å². The summed E-state index contributed by atoms with van der Waals surface area (Å²) in [4.78, 5) is 33.3. The summed E-state index contributed by atoms with van der Waals surface area (Å²) >= 11 is 0. The van der Waals surface area contributed by atoms with Gasteiger partial charge in [-0.15, -0.1) is 0 Å². The molecule has 1 aliphatic carbocycles. The molecule has 2 aromatic heterocycles. The molecule has 3 heterocycles. The number of carbonyl (C=O) groups excluding carboxylic acids is 1. The van der Waals surface area contributed by atoms with Crippen LogP contribution in [0.1, 0.15) is 38.1 Å². The lowest BCUT2D eigenvalue weighted by atomic mass is 9.84. The fourth-order valence-corrected chi connectivity index (χ4v) is 5.59. The number of allylic oxidation sites excluding steroid dienone is 1. The van der Waals surface area contributed by atoms with E-state index in [1.165, 1.54) is 0 Å². The summed E-state index contributed by atoms with van der Waals surface area (Å²) in [7, 11) is 0. The van der Waals surface area contributed by atoms with E-state index in [9.17, 15) is 14.9 Å². The van der Waals surface area contributed by atoms with Crippen LogP contribution in [0.4, 0.5) is 5.82 Å².